The van der Waals surface area contributed by atoms with Crippen LogP contribution in [0.4, 0.5) is 0 Å². The van der Waals surface area contributed by atoms with Crippen molar-refractivity contribution in [1.29, 1.82) is 0 Å². The van der Waals surface area contributed by atoms with Gasteiger partial charge in [0.2, 0.25) is 0 Å². The third kappa shape index (κ3) is 2.97. The molecule has 1 heterocycles. The molecule has 0 aliphatic carbocycles. The number of aliphatic carboxylic acids is 1. The molecular weight excluding hydrogens is 278 g/mol. The summed E-state index contributed by atoms with van der Waals surface area (Å²) >= 11 is 1.41. The van der Waals surface area contributed by atoms with Crippen molar-refractivity contribution in [3.63, 3.8) is 0 Å². The highest BCUT2D eigenvalue weighted by molar-refractivity contribution is 7.21. The maximum Gasteiger partial charge on any atom is 0.332 e. The zero-order valence-electron chi connectivity index (χ0n) is 10.9. The Bertz CT molecular complexity index is 650. The summed E-state index contributed by atoms with van der Waals surface area (Å²) in [6.07, 6.45) is -1.45. The minimum atomic E-state index is -1.45. The van der Waals surface area contributed by atoms with Gasteiger partial charge in [-0.25, -0.2) is 4.79 Å². The molecule has 0 unspecified atom stereocenters. The normalized spacial score (nSPS) is 12.3. The van der Waals surface area contributed by atoms with Crippen LogP contribution in [0.25, 0.3) is 10.1 Å². The lowest BCUT2D eigenvalue weighted by Crippen LogP contribution is -2.29. The molecule has 3 N–H and O–H groups in total. The first-order valence-electron chi connectivity index (χ1n) is 6.18. The van der Waals surface area contributed by atoms with Crippen LogP contribution in [0.1, 0.15) is 21.7 Å². The number of nitrogens with one attached hydrogen (secondary N) is 1. The number of aliphatic hydroxyl groups is 1. The number of thiophene rings is 1. The summed E-state index contributed by atoms with van der Waals surface area (Å²) in [4.78, 5) is 23.1. The molecule has 0 saturated heterocycles. The summed E-state index contributed by atoms with van der Waals surface area (Å²) in [6, 6.07) is 7.76. The number of carbonyl (C=O) groups excluding carboxylic acids is 1. The molecule has 2 rings (SSSR count). The van der Waals surface area contributed by atoms with Gasteiger partial charge in [-0.1, -0.05) is 18.2 Å². The maximum atomic E-state index is 12.1. The van der Waals surface area contributed by atoms with E-state index in [2.05, 4.69) is 5.32 Å². The van der Waals surface area contributed by atoms with Crippen molar-refractivity contribution in [3.05, 3.63) is 34.7 Å². The first kappa shape index (κ1) is 14.5. The number of amides is 1. The number of rotatable bonds is 5. The Morgan fingerprint density at radius 3 is 2.70 bits per heavy atom. The molecule has 0 fully saturated rings. The van der Waals surface area contributed by atoms with Crippen LogP contribution < -0.4 is 5.32 Å². The van der Waals surface area contributed by atoms with Crippen molar-refractivity contribution in [1.82, 2.24) is 5.32 Å². The lowest BCUT2D eigenvalue weighted by molar-refractivity contribution is -0.146. The van der Waals surface area contributed by atoms with Crippen molar-refractivity contribution in [3.8, 4) is 0 Å². The molecular formula is C14H15NO4S. The lowest BCUT2D eigenvalue weighted by Gasteiger charge is -2.06. The van der Waals surface area contributed by atoms with E-state index in [1.165, 1.54) is 11.3 Å². The third-order valence-corrected chi connectivity index (χ3v) is 4.31. The van der Waals surface area contributed by atoms with E-state index in [1.807, 2.05) is 31.2 Å². The molecule has 20 heavy (non-hydrogen) atoms. The minimum absolute atomic E-state index is 0.00891. The smallest absolute Gasteiger partial charge is 0.332 e. The fourth-order valence-corrected chi connectivity index (χ4v) is 3.04. The first-order valence-corrected chi connectivity index (χ1v) is 6.99. The molecule has 1 aromatic heterocycles. The van der Waals surface area contributed by atoms with E-state index in [0.29, 0.717) is 4.88 Å². The molecule has 1 amide bonds. The van der Waals surface area contributed by atoms with Gasteiger partial charge in [0.05, 0.1) is 4.88 Å². The summed E-state index contributed by atoms with van der Waals surface area (Å²) in [5.41, 5.74) is 0.918. The quantitative estimate of drug-likeness (QED) is 0.784. The van der Waals surface area contributed by atoms with Crippen LogP contribution in [0.5, 0.6) is 0 Å². The van der Waals surface area contributed by atoms with Gasteiger partial charge in [-0.3, -0.25) is 4.79 Å². The highest BCUT2D eigenvalue weighted by atomic mass is 32.1. The van der Waals surface area contributed by atoms with Crippen molar-refractivity contribution >= 4 is 33.3 Å². The number of carboxylic acid groups (broad SMARTS) is 1. The summed E-state index contributed by atoms with van der Waals surface area (Å²) in [7, 11) is 0. The Kier molecular flexibility index (Phi) is 4.36. The Labute approximate surface area is 119 Å². The Morgan fingerprint density at radius 1 is 1.35 bits per heavy atom. The van der Waals surface area contributed by atoms with Crippen molar-refractivity contribution in [2.45, 2.75) is 19.4 Å². The van der Waals surface area contributed by atoms with Gasteiger partial charge in [-0.15, -0.1) is 11.3 Å². The van der Waals surface area contributed by atoms with E-state index in [1.54, 1.807) is 0 Å². The summed E-state index contributed by atoms with van der Waals surface area (Å²) in [6.45, 7) is 2.01. The van der Waals surface area contributed by atoms with Crippen molar-refractivity contribution in [2.75, 3.05) is 6.54 Å². The van der Waals surface area contributed by atoms with Crippen molar-refractivity contribution in [2.24, 2.45) is 0 Å². The zero-order valence-corrected chi connectivity index (χ0v) is 11.7. The van der Waals surface area contributed by atoms with E-state index in [9.17, 15) is 9.59 Å². The SMILES string of the molecule is Cc1c(C(=O)NCC[C@H](O)C(=O)O)sc2ccccc12. The average molecular weight is 293 g/mol. The van der Waals surface area contributed by atoms with Gasteiger partial charge >= 0.3 is 5.97 Å². The molecule has 0 spiro atoms. The monoisotopic (exact) mass is 293 g/mol. The molecule has 2 aromatic rings. The fourth-order valence-electron chi connectivity index (χ4n) is 1.92. The number of carbonyl (C=O) groups is 2. The number of fused-ring (bicyclic) bond motifs is 1. The molecule has 0 aliphatic heterocycles. The van der Waals surface area contributed by atoms with Gasteiger partial charge in [-0.2, -0.15) is 0 Å². The van der Waals surface area contributed by atoms with Crippen LogP contribution in [0, 0.1) is 6.92 Å². The standard InChI is InChI=1S/C14H15NO4S/c1-8-9-4-2-3-5-11(9)20-12(8)13(17)15-7-6-10(16)14(18)19/h2-5,10,16H,6-7H2,1H3,(H,15,17)(H,18,19)/t10-/m0/s1. The predicted molar refractivity (Wildman–Crippen MR) is 77.2 cm³/mol. The molecule has 106 valence electrons. The number of carboxylic acids is 1. The van der Waals surface area contributed by atoms with E-state index in [0.717, 1.165) is 15.6 Å². The summed E-state index contributed by atoms with van der Waals surface area (Å²) in [5.74, 6) is -1.52. The number of hydrogen-bond donors (Lipinski definition) is 3. The first-order chi connectivity index (χ1) is 9.50. The molecule has 5 nitrogen and oxygen atoms in total. The summed E-state index contributed by atoms with van der Waals surface area (Å²) < 4.78 is 1.04. The number of aryl methyl sites for hydroxylation is 1. The van der Waals surface area contributed by atoms with E-state index in [-0.39, 0.29) is 18.9 Å². The van der Waals surface area contributed by atoms with Gasteiger partial charge in [0.1, 0.15) is 0 Å². The van der Waals surface area contributed by atoms with Crippen LogP contribution >= 0.6 is 11.3 Å². The second kappa shape index (κ2) is 6.02. The van der Waals surface area contributed by atoms with Crippen LogP contribution in [-0.4, -0.2) is 34.7 Å². The predicted octanol–water partition coefficient (Wildman–Crippen LogP) is 1.78. The highest BCUT2D eigenvalue weighted by Gasteiger charge is 2.16. The van der Waals surface area contributed by atoms with E-state index < -0.39 is 12.1 Å². The third-order valence-electron chi connectivity index (χ3n) is 3.04. The Hall–Kier alpha value is -1.92. The second-order valence-corrected chi connectivity index (χ2v) is 5.50. The topological polar surface area (TPSA) is 86.6 Å². The van der Waals surface area contributed by atoms with Crippen molar-refractivity contribution < 1.29 is 19.8 Å². The van der Waals surface area contributed by atoms with E-state index in [4.69, 9.17) is 10.2 Å². The number of aliphatic hydroxyl groups excluding tert-OH is 1. The Morgan fingerprint density at radius 2 is 2.05 bits per heavy atom. The van der Waals surface area contributed by atoms with E-state index >= 15 is 0 Å². The molecule has 0 bridgehead atoms. The molecule has 1 atom stereocenters. The second-order valence-electron chi connectivity index (χ2n) is 4.45. The maximum absolute atomic E-state index is 12.1. The van der Waals surface area contributed by atoms with Gasteiger partial charge in [0.15, 0.2) is 6.10 Å². The van der Waals surface area contributed by atoms with Gasteiger partial charge < -0.3 is 15.5 Å². The Balaban J connectivity index is 2.04. The van der Waals surface area contributed by atoms with Gasteiger partial charge in [0, 0.05) is 17.7 Å². The molecule has 0 radical (unpaired) electrons. The largest absolute Gasteiger partial charge is 0.479 e. The van der Waals surface area contributed by atoms with Crippen LogP contribution in [-0.2, 0) is 4.79 Å². The zero-order chi connectivity index (χ0) is 14.7. The fraction of sp³-hybridized carbons (Fsp3) is 0.286. The number of benzene rings is 1. The molecule has 6 heteroatoms. The molecule has 1 aromatic carbocycles. The van der Waals surface area contributed by atoms with Crippen LogP contribution in [0.3, 0.4) is 0 Å². The average Bonchev–Trinajstić information content (AvgIpc) is 2.76. The minimum Gasteiger partial charge on any atom is -0.479 e. The van der Waals surface area contributed by atoms with Crippen LogP contribution in [0.2, 0.25) is 0 Å². The molecule has 0 saturated carbocycles. The van der Waals surface area contributed by atoms with Crippen LogP contribution in [0.15, 0.2) is 24.3 Å². The van der Waals surface area contributed by atoms with Gasteiger partial charge in [-0.05, 0) is 23.9 Å². The lowest BCUT2D eigenvalue weighted by atomic mass is 10.1. The number of hydrogen-bond acceptors (Lipinski definition) is 4. The van der Waals surface area contributed by atoms with Gasteiger partial charge in [0.25, 0.3) is 5.91 Å². The molecule has 0 aliphatic rings. The summed E-state index contributed by atoms with van der Waals surface area (Å²) in [5, 5.41) is 21.4. The highest BCUT2D eigenvalue weighted by Crippen LogP contribution is 2.30.